The molecule has 0 amide bonds. The lowest BCUT2D eigenvalue weighted by Gasteiger charge is -1.86. The third-order valence-electron chi connectivity index (χ3n) is 1.05. The van der Waals surface area contributed by atoms with Gasteiger partial charge in [-0.05, 0) is 18.3 Å². The summed E-state index contributed by atoms with van der Waals surface area (Å²) in [5.41, 5.74) is 0. The molecular formula is C10H12O2. The van der Waals surface area contributed by atoms with E-state index < -0.39 is 6.10 Å². The zero-order chi connectivity index (χ0) is 9.23. The fraction of sp³-hybridized carbons (Fsp3) is 0.400. The molecule has 1 atom stereocenters. The maximum atomic E-state index is 8.86. The third-order valence-corrected chi connectivity index (χ3v) is 1.05. The van der Waals surface area contributed by atoms with Gasteiger partial charge in [0, 0.05) is 13.0 Å². The topological polar surface area (TPSA) is 40.5 Å². The molecule has 0 rings (SSSR count). The normalized spacial score (nSPS) is 10.2. The van der Waals surface area contributed by atoms with Gasteiger partial charge in [0.2, 0.25) is 0 Å². The van der Waals surface area contributed by atoms with E-state index >= 15 is 0 Å². The van der Waals surface area contributed by atoms with Gasteiger partial charge in [0.15, 0.2) is 0 Å². The first kappa shape index (κ1) is 10.8. The Bertz CT molecular complexity index is 234. The van der Waals surface area contributed by atoms with E-state index in [0.717, 1.165) is 0 Å². The summed E-state index contributed by atoms with van der Waals surface area (Å²) < 4.78 is 0. The molecule has 0 bridgehead atoms. The van der Waals surface area contributed by atoms with Gasteiger partial charge in [-0.2, -0.15) is 0 Å². The minimum Gasteiger partial charge on any atom is -0.396 e. The van der Waals surface area contributed by atoms with E-state index in [1.54, 1.807) is 0 Å². The molecule has 2 N–H and O–H groups in total. The van der Waals surface area contributed by atoms with Crippen molar-refractivity contribution in [2.24, 2.45) is 0 Å². The van der Waals surface area contributed by atoms with Crippen molar-refractivity contribution in [3.05, 3.63) is 12.7 Å². The number of hydrogen-bond acceptors (Lipinski definition) is 2. The van der Waals surface area contributed by atoms with Crippen LogP contribution >= 0.6 is 0 Å². The summed E-state index contributed by atoms with van der Waals surface area (Å²) in [6.07, 6.45) is 1.84. The molecule has 0 fully saturated rings. The van der Waals surface area contributed by atoms with Crippen LogP contribution in [-0.4, -0.2) is 22.9 Å². The lowest BCUT2D eigenvalue weighted by Crippen LogP contribution is -1.94. The molecule has 64 valence electrons. The molecule has 0 aliphatic carbocycles. The van der Waals surface area contributed by atoms with Crippen molar-refractivity contribution in [1.82, 2.24) is 0 Å². The highest BCUT2D eigenvalue weighted by atomic mass is 16.3. The van der Waals surface area contributed by atoms with Crippen LogP contribution in [0.15, 0.2) is 12.7 Å². The summed E-state index contributed by atoms with van der Waals surface area (Å²) >= 11 is 0. The van der Waals surface area contributed by atoms with Crippen molar-refractivity contribution < 1.29 is 10.2 Å². The Hall–Kier alpha value is -1.22. The largest absolute Gasteiger partial charge is 0.396 e. The molecule has 0 aromatic heterocycles. The van der Waals surface area contributed by atoms with Crippen molar-refractivity contribution in [2.75, 3.05) is 6.61 Å². The van der Waals surface area contributed by atoms with Gasteiger partial charge >= 0.3 is 0 Å². The first-order chi connectivity index (χ1) is 5.81. The summed E-state index contributed by atoms with van der Waals surface area (Å²) in [7, 11) is 0. The molecule has 0 aliphatic heterocycles. The lowest BCUT2D eigenvalue weighted by atomic mass is 10.3. The second kappa shape index (κ2) is 7.88. The van der Waals surface area contributed by atoms with Crippen LogP contribution in [0.5, 0.6) is 0 Å². The quantitative estimate of drug-likeness (QED) is 0.358. The molecule has 1 unspecified atom stereocenters. The number of rotatable bonds is 3. The standard InChI is InChI=1S/C10H12O2/c1-2-10(12)8-6-4-3-5-7-9-11/h2,10-12H,1,5,7,9H2. The average Bonchev–Trinajstić information content (AvgIpc) is 2.10. The van der Waals surface area contributed by atoms with Gasteiger partial charge in [-0.1, -0.05) is 24.5 Å². The summed E-state index contributed by atoms with van der Waals surface area (Å²) in [5, 5.41) is 17.3. The molecule has 0 heterocycles. The summed E-state index contributed by atoms with van der Waals surface area (Å²) in [6.45, 7) is 3.51. The van der Waals surface area contributed by atoms with Crippen LogP contribution < -0.4 is 0 Å². The molecule has 0 radical (unpaired) electrons. The zero-order valence-corrected chi connectivity index (χ0v) is 6.88. The Morgan fingerprint density at radius 2 is 2.17 bits per heavy atom. The maximum Gasteiger partial charge on any atom is 0.134 e. The highest BCUT2D eigenvalue weighted by Crippen LogP contribution is 1.82. The molecule has 2 heteroatoms. The SMILES string of the molecule is C=CC(O)C#CC#CCCCO. The van der Waals surface area contributed by atoms with Crippen LogP contribution in [-0.2, 0) is 0 Å². The minimum absolute atomic E-state index is 0.150. The zero-order valence-electron chi connectivity index (χ0n) is 6.88. The Labute approximate surface area is 72.9 Å². The molecule has 0 spiro atoms. The molecule has 0 saturated carbocycles. The summed E-state index contributed by atoms with van der Waals surface area (Å²) in [4.78, 5) is 0. The van der Waals surface area contributed by atoms with Gasteiger partial charge in [0.1, 0.15) is 6.10 Å². The van der Waals surface area contributed by atoms with E-state index in [0.29, 0.717) is 12.8 Å². The monoisotopic (exact) mass is 164 g/mol. The van der Waals surface area contributed by atoms with Crippen LogP contribution in [0.3, 0.4) is 0 Å². The predicted octanol–water partition coefficient (Wildman–Crippen LogP) is 0.313. The van der Waals surface area contributed by atoms with Crippen LogP contribution in [0, 0.1) is 23.7 Å². The molecular weight excluding hydrogens is 152 g/mol. The van der Waals surface area contributed by atoms with E-state index in [1.807, 2.05) is 0 Å². The lowest BCUT2D eigenvalue weighted by molar-refractivity contribution is 0.281. The first-order valence-electron chi connectivity index (χ1n) is 3.71. The average molecular weight is 164 g/mol. The smallest absolute Gasteiger partial charge is 0.134 e. The molecule has 2 nitrogen and oxygen atoms in total. The fourth-order valence-electron chi connectivity index (χ4n) is 0.443. The van der Waals surface area contributed by atoms with Crippen molar-refractivity contribution >= 4 is 0 Å². The van der Waals surface area contributed by atoms with Crippen LogP contribution in [0.4, 0.5) is 0 Å². The summed E-state index contributed by atoms with van der Waals surface area (Å²) in [5.74, 6) is 10.2. The van der Waals surface area contributed by atoms with Gasteiger partial charge in [-0.25, -0.2) is 0 Å². The molecule has 0 aliphatic rings. The van der Waals surface area contributed by atoms with E-state index in [-0.39, 0.29) is 6.61 Å². The van der Waals surface area contributed by atoms with E-state index in [1.165, 1.54) is 6.08 Å². The summed E-state index contributed by atoms with van der Waals surface area (Å²) in [6, 6.07) is 0. The van der Waals surface area contributed by atoms with Gasteiger partial charge in [0.25, 0.3) is 0 Å². The van der Waals surface area contributed by atoms with Gasteiger partial charge in [0.05, 0.1) is 0 Å². The van der Waals surface area contributed by atoms with Gasteiger partial charge in [-0.15, -0.1) is 0 Å². The third kappa shape index (κ3) is 6.89. The maximum absolute atomic E-state index is 8.86. The number of unbranched alkanes of at least 4 members (excludes halogenated alkanes) is 1. The van der Waals surface area contributed by atoms with Crippen LogP contribution in [0.25, 0.3) is 0 Å². The van der Waals surface area contributed by atoms with Gasteiger partial charge < -0.3 is 10.2 Å². The minimum atomic E-state index is -0.794. The first-order valence-corrected chi connectivity index (χ1v) is 3.71. The van der Waals surface area contributed by atoms with Crippen molar-refractivity contribution in [3.8, 4) is 23.7 Å². The van der Waals surface area contributed by atoms with Crippen molar-refractivity contribution in [1.29, 1.82) is 0 Å². The Morgan fingerprint density at radius 3 is 2.75 bits per heavy atom. The predicted molar refractivity (Wildman–Crippen MR) is 48.1 cm³/mol. The second-order valence-corrected chi connectivity index (χ2v) is 2.08. The van der Waals surface area contributed by atoms with E-state index in [2.05, 4.69) is 30.3 Å². The molecule has 0 saturated heterocycles. The number of hydrogen-bond donors (Lipinski definition) is 2. The Morgan fingerprint density at radius 1 is 1.42 bits per heavy atom. The molecule has 0 aromatic carbocycles. The fourth-order valence-corrected chi connectivity index (χ4v) is 0.443. The Balaban J connectivity index is 3.65. The second-order valence-electron chi connectivity index (χ2n) is 2.08. The van der Waals surface area contributed by atoms with E-state index in [4.69, 9.17) is 10.2 Å². The Kier molecular flexibility index (Phi) is 7.08. The molecule has 0 aromatic rings. The van der Waals surface area contributed by atoms with Crippen molar-refractivity contribution in [3.63, 3.8) is 0 Å². The van der Waals surface area contributed by atoms with Crippen LogP contribution in [0.1, 0.15) is 12.8 Å². The van der Waals surface area contributed by atoms with Crippen LogP contribution in [0.2, 0.25) is 0 Å². The number of aliphatic hydroxyl groups excluding tert-OH is 2. The van der Waals surface area contributed by atoms with Gasteiger partial charge in [-0.3, -0.25) is 0 Å². The van der Waals surface area contributed by atoms with E-state index in [9.17, 15) is 0 Å². The molecule has 12 heavy (non-hydrogen) atoms. The highest BCUT2D eigenvalue weighted by molar-refractivity contribution is 5.28. The van der Waals surface area contributed by atoms with Crippen molar-refractivity contribution in [2.45, 2.75) is 18.9 Å². The highest BCUT2D eigenvalue weighted by Gasteiger charge is 1.84. The number of aliphatic hydroxyl groups is 2.